The lowest BCUT2D eigenvalue weighted by Crippen LogP contribution is -2.20. The monoisotopic (exact) mass is 428 g/mol. The van der Waals surface area contributed by atoms with Crippen LogP contribution in [0.1, 0.15) is 28.8 Å². The van der Waals surface area contributed by atoms with Crippen molar-refractivity contribution >= 4 is 11.6 Å². The second kappa shape index (κ2) is 8.43. The molecular weight excluding hydrogens is 404 g/mol. The summed E-state index contributed by atoms with van der Waals surface area (Å²) in [6.45, 7) is 3.29. The maximum Gasteiger partial charge on any atom is 0.282 e. The molecule has 162 valence electrons. The van der Waals surface area contributed by atoms with Crippen LogP contribution in [0.3, 0.4) is 0 Å². The Morgan fingerprint density at radius 3 is 2.75 bits per heavy atom. The zero-order valence-electron chi connectivity index (χ0n) is 17.8. The molecule has 0 bridgehead atoms. The first-order valence-corrected chi connectivity index (χ1v) is 10.8. The summed E-state index contributed by atoms with van der Waals surface area (Å²) in [5.74, 6) is -0.306. The second-order valence-electron chi connectivity index (χ2n) is 8.14. The van der Waals surface area contributed by atoms with E-state index in [9.17, 15) is 9.59 Å². The molecule has 0 saturated carbocycles. The first kappa shape index (κ1) is 20.2. The second-order valence-corrected chi connectivity index (χ2v) is 8.14. The third-order valence-electron chi connectivity index (χ3n) is 5.68. The van der Waals surface area contributed by atoms with Crippen LogP contribution in [0.2, 0.25) is 0 Å². The summed E-state index contributed by atoms with van der Waals surface area (Å²) in [5.41, 5.74) is 3.29. The van der Waals surface area contributed by atoms with E-state index in [0.717, 1.165) is 25.0 Å². The average Bonchev–Trinajstić information content (AvgIpc) is 3.42. The Balaban J connectivity index is 1.60. The summed E-state index contributed by atoms with van der Waals surface area (Å²) < 4.78 is 8.99. The van der Waals surface area contributed by atoms with Gasteiger partial charge in [0.05, 0.1) is 22.9 Å². The van der Waals surface area contributed by atoms with Gasteiger partial charge in [0.2, 0.25) is 0 Å². The van der Waals surface area contributed by atoms with Crippen molar-refractivity contribution in [3.63, 3.8) is 0 Å². The number of hydrogen-bond donors (Lipinski definition) is 1. The molecule has 0 unspecified atom stereocenters. The van der Waals surface area contributed by atoms with Crippen LogP contribution < -0.4 is 10.9 Å². The van der Waals surface area contributed by atoms with E-state index in [-0.39, 0.29) is 17.6 Å². The van der Waals surface area contributed by atoms with Crippen molar-refractivity contribution in [2.24, 2.45) is 0 Å². The number of benzene rings is 2. The molecule has 7 heteroatoms. The molecule has 0 aliphatic carbocycles. The standard InChI is InChI=1S/C25H24N4O3/c1-17-7-5-8-18(13-17)26-24(30)21-15-28(14-20-11-6-12-32-20)16-22-23(21)27-29(25(22)31)19-9-3-2-4-10-19/h2-5,7-10,13,15-16,20H,6,11-12,14H2,1H3,(H,26,30)/t20-/m0/s1. The number of carbonyl (C=O) groups is 1. The third-order valence-corrected chi connectivity index (χ3v) is 5.68. The molecule has 3 heterocycles. The number of carbonyl (C=O) groups excluding carboxylic acids is 1. The number of hydrogen-bond acceptors (Lipinski definition) is 4. The lowest BCUT2D eigenvalue weighted by Gasteiger charge is -2.16. The van der Waals surface area contributed by atoms with Crippen molar-refractivity contribution < 1.29 is 9.53 Å². The van der Waals surface area contributed by atoms with Crippen LogP contribution in [0.25, 0.3) is 16.9 Å². The van der Waals surface area contributed by atoms with E-state index in [1.54, 1.807) is 12.4 Å². The van der Waals surface area contributed by atoms with E-state index >= 15 is 0 Å². The summed E-state index contributed by atoms with van der Waals surface area (Å²) in [4.78, 5) is 26.5. The predicted octanol–water partition coefficient (Wildman–Crippen LogP) is 3.88. The third kappa shape index (κ3) is 3.94. The summed E-state index contributed by atoms with van der Waals surface area (Å²) >= 11 is 0. The SMILES string of the molecule is Cc1cccc(NC(=O)c2cn(C[C@@H]3CCCO3)cc3c(=O)n(-c4ccccc4)nc2-3)c1. The van der Waals surface area contributed by atoms with Gasteiger partial charge in [-0.3, -0.25) is 9.59 Å². The molecule has 2 aromatic rings. The molecule has 1 N–H and O–H groups in total. The molecule has 1 saturated heterocycles. The van der Waals surface area contributed by atoms with Crippen molar-refractivity contribution in [1.82, 2.24) is 14.3 Å². The Morgan fingerprint density at radius 1 is 1.16 bits per heavy atom. The van der Waals surface area contributed by atoms with Crippen molar-refractivity contribution in [2.75, 3.05) is 11.9 Å². The van der Waals surface area contributed by atoms with E-state index in [4.69, 9.17) is 4.74 Å². The minimum atomic E-state index is -0.306. The fourth-order valence-electron chi connectivity index (χ4n) is 4.12. The van der Waals surface area contributed by atoms with Crippen molar-refractivity contribution in [1.29, 1.82) is 0 Å². The number of para-hydroxylation sites is 1. The smallest absolute Gasteiger partial charge is 0.282 e. The highest BCUT2D eigenvalue weighted by molar-refractivity contribution is 6.08. The topological polar surface area (TPSA) is 78.2 Å². The summed E-state index contributed by atoms with van der Waals surface area (Å²) in [5, 5.41) is 7.48. The van der Waals surface area contributed by atoms with Gasteiger partial charge in [-0.25, -0.2) is 0 Å². The van der Waals surface area contributed by atoms with Crippen LogP contribution in [0.5, 0.6) is 0 Å². The van der Waals surface area contributed by atoms with Gasteiger partial charge in [0, 0.05) is 31.2 Å². The molecule has 1 fully saturated rings. The van der Waals surface area contributed by atoms with Gasteiger partial charge >= 0.3 is 0 Å². The van der Waals surface area contributed by atoms with E-state index < -0.39 is 0 Å². The molecule has 32 heavy (non-hydrogen) atoms. The Morgan fingerprint density at radius 2 is 2.00 bits per heavy atom. The largest absolute Gasteiger partial charge is 0.376 e. The zero-order chi connectivity index (χ0) is 22.1. The molecule has 3 aliphatic rings. The fraction of sp³-hybridized carbons (Fsp3) is 0.240. The molecule has 0 aromatic heterocycles. The van der Waals surface area contributed by atoms with E-state index in [1.165, 1.54) is 4.68 Å². The Hall–Kier alpha value is -3.71. The molecule has 1 amide bonds. The van der Waals surface area contributed by atoms with E-state index in [0.29, 0.717) is 34.7 Å². The average molecular weight is 428 g/mol. The Labute approximate surface area is 185 Å². The van der Waals surface area contributed by atoms with E-state index in [2.05, 4.69) is 10.4 Å². The van der Waals surface area contributed by atoms with Gasteiger partial charge in [-0.2, -0.15) is 9.78 Å². The lowest BCUT2D eigenvalue weighted by molar-refractivity contribution is 0.0961. The van der Waals surface area contributed by atoms with Crippen LogP contribution in [-0.4, -0.2) is 33.0 Å². The summed E-state index contributed by atoms with van der Waals surface area (Å²) in [6.07, 6.45) is 5.59. The van der Waals surface area contributed by atoms with Crippen LogP contribution >= 0.6 is 0 Å². The number of fused-ring (bicyclic) bond motifs is 1. The minimum Gasteiger partial charge on any atom is -0.376 e. The van der Waals surface area contributed by atoms with Crippen LogP contribution in [-0.2, 0) is 11.3 Å². The maximum atomic E-state index is 13.3. The Kier molecular flexibility index (Phi) is 5.33. The number of nitrogens with one attached hydrogen (secondary N) is 1. The first-order chi connectivity index (χ1) is 15.6. The lowest BCUT2D eigenvalue weighted by atomic mass is 10.1. The fourth-order valence-corrected chi connectivity index (χ4v) is 4.12. The Bertz CT molecular complexity index is 1290. The highest BCUT2D eigenvalue weighted by atomic mass is 16.5. The number of aromatic nitrogens is 3. The normalized spacial score (nSPS) is 15.8. The van der Waals surface area contributed by atoms with Crippen LogP contribution in [0.4, 0.5) is 5.69 Å². The van der Waals surface area contributed by atoms with Crippen molar-refractivity contribution in [3.8, 4) is 16.9 Å². The molecule has 5 rings (SSSR count). The van der Waals surface area contributed by atoms with Crippen LogP contribution in [0.15, 0.2) is 71.8 Å². The summed E-state index contributed by atoms with van der Waals surface area (Å²) in [7, 11) is 0. The quantitative estimate of drug-likeness (QED) is 0.523. The molecule has 0 radical (unpaired) electrons. The van der Waals surface area contributed by atoms with Gasteiger partial charge in [-0.1, -0.05) is 30.3 Å². The molecule has 1 atom stereocenters. The van der Waals surface area contributed by atoms with Gasteiger partial charge in [-0.15, -0.1) is 0 Å². The van der Waals surface area contributed by atoms with Crippen molar-refractivity contribution in [3.05, 3.63) is 88.5 Å². The predicted molar refractivity (Wildman–Crippen MR) is 123 cm³/mol. The van der Waals surface area contributed by atoms with E-state index in [1.807, 2.05) is 66.1 Å². The highest BCUT2D eigenvalue weighted by Crippen LogP contribution is 2.25. The van der Waals surface area contributed by atoms with Crippen molar-refractivity contribution in [2.45, 2.75) is 32.4 Å². The molecule has 3 aliphatic heterocycles. The number of amides is 1. The molecule has 7 nitrogen and oxygen atoms in total. The number of aryl methyl sites for hydroxylation is 1. The number of anilines is 1. The molecule has 2 aromatic carbocycles. The molecule has 0 spiro atoms. The number of nitrogens with zero attached hydrogens (tertiary/aromatic N) is 3. The zero-order valence-corrected chi connectivity index (χ0v) is 17.8. The van der Waals surface area contributed by atoms with Gasteiger partial charge in [-0.05, 0) is 49.6 Å². The van der Waals surface area contributed by atoms with Crippen LogP contribution in [0, 0.1) is 6.92 Å². The number of rotatable bonds is 5. The summed E-state index contributed by atoms with van der Waals surface area (Å²) in [6, 6.07) is 16.8. The highest BCUT2D eigenvalue weighted by Gasteiger charge is 2.26. The first-order valence-electron chi connectivity index (χ1n) is 10.8. The van der Waals surface area contributed by atoms with Gasteiger partial charge in [0.15, 0.2) is 0 Å². The number of ether oxygens (including phenoxy) is 1. The van der Waals surface area contributed by atoms with Gasteiger partial charge < -0.3 is 14.6 Å². The van der Waals surface area contributed by atoms with Gasteiger partial charge in [0.1, 0.15) is 5.69 Å². The number of pyridine rings is 1. The minimum absolute atomic E-state index is 0.0735. The molecular formula is C25H24N4O3. The maximum absolute atomic E-state index is 13.3. The van der Waals surface area contributed by atoms with Gasteiger partial charge in [0.25, 0.3) is 11.5 Å².